The Balaban J connectivity index is 1.76. The van der Waals surface area contributed by atoms with E-state index in [-0.39, 0.29) is 0 Å². The second-order valence-electron chi connectivity index (χ2n) is 4.80. The van der Waals surface area contributed by atoms with Crippen LogP contribution in [0.5, 0.6) is 5.88 Å². The molecule has 2 unspecified atom stereocenters. The highest BCUT2D eigenvalue weighted by molar-refractivity contribution is 5.17. The van der Waals surface area contributed by atoms with Gasteiger partial charge in [0.2, 0.25) is 5.88 Å². The Morgan fingerprint density at radius 3 is 3.12 bits per heavy atom. The molecule has 0 amide bonds. The van der Waals surface area contributed by atoms with Gasteiger partial charge in [-0.1, -0.05) is 12.7 Å². The molecule has 0 saturated carbocycles. The molecule has 2 aliphatic heterocycles. The van der Waals surface area contributed by atoms with Crippen LogP contribution in [0.3, 0.4) is 0 Å². The quantitative estimate of drug-likeness (QED) is 0.735. The molecule has 2 bridgehead atoms. The first-order chi connectivity index (χ1) is 8.36. The molecule has 3 heterocycles. The molecule has 3 atom stereocenters. The van der Waals surface area contributed by atoms with Crippen molar-refractivity contribution in [1.82, 2.24) is 14.9 Å². The van der Waals surface area contributed by atoms with E-state index >= 15 is 0 Å². The zero-order valence-electron chi connectivity index (χ0n) is 9.88. The Labute approximate surface area is 101 Å². The minimum Gasteiger partial charge on any atom is -0.472 e. The summed E-state index contributed by atoms with van der Waals surface area (Å²) in [6, 6.07) is 0. The predicted molar refractivity (Wildman–Crippen MR) is 65.0 cm³/mol. The van der Waals surface area contributed by atoms with Crippen molar-refractivity contribution in [3.63, 3.8) is 0 Å². The lowest BCUT2D eigenvalue weighted by Crippen LogP contribution is -2.22. The monoisotopic (exact) mass is 231 g/mol. The summed E-state index contributed by atoms with van der Waals surface area (Å²) in [4.78, 5) is 11.3. The number of fused-ring (bicyclic) bond motifs is 2. The normalized spacial score (nSPS) is 30.5. The van der Waals surface area contributed by atoms with E-state index in [0.29, 0.717) is 18.4 Å². The molecule has 0 N–H and O–H groups in total. The molecule has 0 aromatic carbocycles. The number of aromatic nitrogens is 2. The minimum absolute atomic E-state index is 0.484. The van der Waals surface area contributed by atoms with Crippen LogP contribution in [0.25, 0.3) is 0 Å². The van der Waals surface area contributed by atoms with Crippen LogP contribution in [-0.4, -0.2) is 41.1 Å². The van der Waals surface area contributed by atoms with Crippen molar-refractivity contribution in [3.8, 4) is 5.88 Å². The van der Waals surface area contributed by atoms with Gasteiger partial charge in [-0.25, -0.2) is 4.98 Å². The highest BCUT2D eigenvalue weighted by Crippen LogP contribution is 2.38. The van der Waals surface area contributed by atoms with Gasteiger partial charge in [0.25, 0.3) is 0 Å². The molecule has 1 aromatic rings. The number of ether oxygens (including phenoxy) is 1. The molecule has 4 heteroatoms. The van der Waals surface area contributed by atoms with Crippen LogP contribution in [0.2, 0.25) is 0 Å². The average Bonchev–Trinajstić information content (AvgIpc) is 2.99. The summed E-state index contributed by atoms with van der Waals surface area (Å²) >= 11 is 0. The van der Waals surface area contributed by atoms with E-state index < -0.39 is 0 Å². The van der Waals surface area contributed by atoms with Crippen LogP contribution >= 0.6 is 0 Å². The van der Waals surface area contributed by atoms with Crippen molar-refractivity contribution < 1.29 is 4.74 Å². The molecule has 0 spiro atoms. The summed E-state index contributed by atoms with van der Waals surface area (Å²) < 4.78 is 5.43. The Kier molecular flexibility index (Phi) is 2.81. The fourth-order valence-corrected chi connectivity index (χ4v) is 2.87. The molecule has 90 valence electrons. The van der Waals surface area contributed by atoms with Crippen LogP contribution in [-0.2, 0) is 0 Å². The summed E-state index contributed by atoms with van der Waals surface area (Å²) in [7, 11) is 0. The predicted octanol–water partition coefficient (Wildman–Crippen LogP) is 1.46. The van der Waals surface area contributed by atoms with Crippen molar-refractivity contribution in [3.05, 3.63) is 30.7 Å². The van der Waals surface area contributed by atoms with Crippen molar-refractivity contribution in [2.75, 3.05) is 26.2 Å². The van der Waals surface area contributed by atoms with Gasteiger partial charge < -0.3 is 9.64 Å². The van der Waals surface area contributed by atoms with Gasteiger partial charge in [-0.2, -0.15) is 0 Å². The fourth-order valence-electron chi connectivity index (χ4n) is 2.87. The number of rotatable bonds is 4. The van der Waals surface area contributed by atoms with Gasteiger partial charge in [0.15, 0.2) is 0 Å². The largest absolute Gasteiger partial charge is 0.472 e. The highest BCUT2D eigenvalue weighted by atomic mass is 16.5. The van der Waals surface area contributed by atoms with E-state index in [1.54, 1.807) is 12.3 Å². The van der Waals surface area contributed by atoms with Crippen molar-refractivity contribution in [2.24, 2.45) is 5.92 Å². The third-order valence-electron chi connectivity index (χ3n) is 3.69. The van der Waals surface area contributed by atoms with Gasteiger partial charge in [0.1, 0.15) is 6.61 Å². The fraction of sp³-hybridized carbons (Fsp3) is 0.538. The van der Waals surface area contributed by atoms with Crippen LogP contribution in [0.4, 0.5) is 0 Å². The summed E-state index contributed by atoms with van der Waals surface area (Å²) in [5, 5.41) is 0. The lowest BCUT2D eigenvalue weighted by atomic mass is 9.90. The van der Waals surface area contributed by atoms with Gasteiger partial charge >= 0.3 is 0 Å². The number of hydrogen-bond donors (Lipinski definition) is 0. The molecule has 17 heavy (non-hydrogen) atoms. The Morgan fingerprint density at radius 1 is 1.47 bits per heavy atom. The Hall–Kier alpha value is -1.42. The van der Waals surface area contributed by atoms with Crippen LogP contribution in [0, 0.1) is 5.92 Å². The third kappa shape index (κ3) is 2.05. The summed E-state index contributed by atoms with van der Waals surface area (Å²) in [6.07, 6.45) is 6.56. The van der Waals surface area contributed by atoms with Crippen LogP contribution in [0.15, 0.2) is 25.0 Å². The molecule has 2 fully saturated rings. The minimum atomic E-state index is 0.484. The average molecular weight is 231 g/mol. The summed E-state index contributed by atoms with van der Waals surface area (Å²) in [6.45, 7) is 7.72. The van der Waals surface area contributed by atoms with Gasteiger partial charge in [-0.05, 0) is 18.9 Å². The molecule has 2 aliphatic rings. The van der Waals surface area contributed by atoms with Gasteiger partial charge in [0, 0.05) is 25.2 Å². The third-order valence-corrected chi connectivity index (χ3v) is 3.69. The zero-order valence-corrected chi connectivity index (χ0v) is 9.88. The molecule has 4 nitrogen and oxygen atoms in total. The maximum absolute atomic E-state index is 5.43. The first kappa shape index (κ1) is 10.7. The molecule has 3 rings (SSSR count). The number of hydrogen-bond acceptors (Lipinski definition) is 4. The molecular formula is C13H17N3O. The summed E-state index contributed by atoms with van der Waals surface area (Å²) in [5.41, 5.74) is 1.08. The zero-order chi connectivity index (χ0) is 11.7. The lowest BCUT2D eigenvalue weighted by Gasteiger charge is -2.21. The van der Waals surface area contributed by atoms with Crippen molar-refractivity contribution in [1.29, 1.82) is 0 Å². The van der Waals surface area contributed by atoms with E-state index in [9.17, 15) is 0 Å². The Morgan fingerprint density at radius 2 is 2.41 bits per heavy atom. The molecule has 0 aliphatic carbocycles. The van der Waals surface area contributed by atoms with Gasteiger partial charge in [-0.15, -0.1) is 0 Å². The SMILES string of the molecule is C=CCOc1cncc([C@@H]2CN3CCC2C3)n1. The van der Waals surface area contributed by atoms with Crippen molar-refractivity contribution in [2.45, 2.75) is 12.3 Å². The molecule has 2 saturated heterocycles. The second kappa shape index (κ2) is 4.45. The standard InChI is InChI=1S/C13H17N3O/c1-2-5-17-13-7-14-6-12(15-13)11-9-16-4-3-10(11)8-16/h2,6-7,10-11H,1,3-5,8-9H2/t10?,11-/m1/s1. The van der Waals surface area contributed by atoms with Gasteiger partial charge in [-0.3, -0.25) is 4.98 Å². The first-order valence-electron chi connectivity index (χ1n) is 6.15. The molecular weight excluding hydrogens is 214 g/mol. The molecule has 1 aromatic heterocycles. The van der Waals surface area contributed by atoms with E-state index in [1.807, 2.05) is 6.20 Å². The Bertz CT molecular complexity index is 421. The first-order valence-corrected chi connectivity index (χ1v) is 6.15. The highest BCUT2D eigenvalue weighted by Gasteiger charge is 2.39. The second-order valence-corrected chi connectivity index (χ2v) is 4.80. The van der Waals surface area contributed by atoms with Gasteiger partial charge in [0.05, 0.1) is 11.9 Å². The maximum atomic E-state index is 5.43. The maximum Gasteiger partial charge on any atom is 0.232 e. The summed E-state index contributed by atoms with van der Waals surface area (Å²) in [5.74, 6) is 1.92. The van der Waals surface area contributed by atoms with E-state index in [4.69, 9.17) is 4.74 Å². The van der Waals surface area contributed by atoms with Crippen molar-refractivity contribution >= 4 is 0 Å². The van der Waals surface area contributed by atoms with E-state index in [1.165, 1.54) is 19.5 Å². The lowest BCUT2D eigenvalue weighted by molar-refractivity contribution is 0.330. The van der Waals surface area contributed by atoms with E-state index in [0.717, 1.165) is 18.2 Å². The molecule has 0 radical (unpaired) electrons. The van der Waals surface area contributed by atoms with Crippen LogP contribution < -0.4 is 4.74 Å². The topological polar surface area (TPSA) is 38.2 Å². The number of piperidine rings is 1. The number of nitrogens with zero attached hydrogens (tertiary/aromatic N) is 3. The smallest absolute Gasteiger partial charge is 0.232 e. The van der Waals surface area contributed by atoms with Crippen LogP contribution in [0.1, 0.15) is 18.0 Å². The van der Waals surface area contributed by atoms with E-state index in [2.05, 4.69) is 21.4 Å².